The Balaban J connectivity index is 2.00. The van der Waals surface area contributed by atoms with Crippen molar-refractivity contribution in [2.45, 2.75) is 4.90 Å². The molecule has 2 aromatic carbocycles. The molecular formula is C19H18FN3O6S. The second kappa shape index (κ2) is 10.2. The van der Waals surface area contributed by atoms with Gasteiger partial charge in [-0.25, -0.2) is 22.4 Å². The van der Waals surface area contributed by atoms with Crippen LogP contribution in [-0.2, 0) is 19.6 Å². The van der Waals surface area contributed by atoms with Crippen LogP contribution < -0.4 is 15.4 Å². The van der Waals surface area contributed by atoms with Crippen molar-refractivity contribution in [3.63, 3.8) is 0 Å². The van der Waals surface area contributed by atoms with Gasteiger partial charge in [0.05, 0.1) is 10.5 Å². The average molecular weight is 435 g/mol. The number of rotatable bonds is 8. The summed E-state index contributed by atoms with van der Waals surface area (Å²) in [5.74, 6) is -2.35. The number of hydrogen-bond acceptors (Lipinski definition) is 6. The number of amides is 3. The molecule has 30 heavy (non-hydrogen) atoms. The van der Waals surface area contributed by atoms with E-state index in [-0.39, 0.29) is 22.7 Å². The number of urea groups is 1. The van der Waals surface area contributed by atoms with Gasteiger partial charge in [-0.1, -0.05) is 12.1 Å². The second-order valence-electron chi connectivity index (χ2n) is 5.76. The maximum atomic E-state index is 13.0. The molecule has 9 nitrogen and oxygen atoms in total. The van der Waals surface area contributed by atoms with Crippen molar-refractivity contribution in [1.82, 2.24) is 10.6 Å². The van der Waals surface area contributed by atoms with Crippen LogP contribution in [0.2, 0.25) is 0 Å². The third kappa shape index (κ3) is 6.71. The number of carbonyl (C=O) groups excluding carboxylic acids is 3. The number of carbonyl (C=O) groups is 3. The molecule has 0 heterocycles. The van der Waals surface area contributed by atoms with Gasteiger partial charge in [0, 0.05) is 12.2 Å². The number of halogens is 1. The van der Waals surface area contributed by atoms with Crippen LogP contribution >= 0.6 is 0 Å². The van der Waals surface area contributed by atoms with E-state index in [1.165, 1.54) is 36.4 Å². The lowest BCUT2D eigenvalue weighted by molar-refractivity contribution is -0.123. The van der Waals surface area contributed by atoms with Crippen molar-refractivity contribution >= 4 is 33.6 Å². The molecule has 0 saturated carbocycles. The summed E-state index contributed by atoms with van der Waals surface area (Å²) >= 11 is 0. The molecule has 11 heteroatoms. The normalized spacial score (nSPS) is 10.6. The van der Waals surface area contributed by atoms with Crippen LogP contribution in [0.1, 0.15) is 10.4 Å². The van der Waals surface area contributed by atoms with E-state index in [9.17, 15) is 27.2 Å². The number of esters is 1. The van der Waals surface area contributed by atoms with E-state index in [1.807, 2.05) is 5.32 Å². The molecule has 2 aromatic rings. The van der Waals surface area contributed by atoms with E-state index in [1.54, 1.807) is 0 Å². The molecule has 0 radical (unpaired) electrons. The van der Waals surface area contributed by atoms with Crippen LogP contribution in [0.15, 0.2) is 66.1 Å². The smallest absolute Gasteiger partial charge is 0.338 e. The van der Waals surface area contributed by atoms with Gasteiger partial charge in [-0.15, -0.1) is 6.58 Å². The summed E-state index contributed by atoms with van der Waals surface area (Å²) in [4.78, 5) is 34.8. The first-order valence-corrected chi connectivity index (χ1v) is 9.94. The Hall–Kier alpha value is -3.73. The van der Waals surface area contributed by atoms with Crippen LogP contribution in [0.3, 0.4) is 0 Å². The topological polar surface area (TPSA) is 131 Å². The van der Waals surface area contributed by atoms with Gasteiger partial charge in [-0.3, -0.25) is 14.8 Å². The van der Waals surface area contributed by atoms with Crippen molar-refractivity contribution in [2.75, 3.05) is 17.9 Å². The second-order valence-corrected chi connectivity index (χ2v) is 7.45. The molecule has 0 bridgehead atoms. The molecule has 0 aliphatic rings. The zero-order valence-corrected chi connectivity index (χ0v) is 16.4. The first-order chi connectivity index (χ1) is 14.2. The maximum absolute atomic E-state index is 13.0. The van der Waals surface area contributed by atoms with Crippen molar-refractivity contribution in [1.29, 1.82) is 0 Å². The summed E-state index contributed by atoms with van der Waals surface area (Å²) in [7, 11) is -4.06. The van der Waals surface area contributed by atoms with Gasteiger partial charge in [0.15, 0.2) is 6.61 Å². The molecular weight excluding hydrogens is 417 g/mol. The Morgan fingerprint density at radius 2 is 1.80 bits per heavy atom. The maximum Gasteiger partial charge on any atom is 0.338 e. The van der Waals surface area contributed by atoms with Crippen molar-refractivity contribution in [2.24, 2.45) is 0 Å². The standard InChI is InChI=1S/C19H18FN3O6S/c1-2-10-21-19(26)22-17(24)12-29-18(25)13-4-3-5-16(11-13)30(27,28)23-15-8-6-14(20)7-9-15/h2-9,11,23H,1,10,12H2,(H2,21,22,24,26). The summed E-state index contributed by atoms with van der Waals surface area (Å²) < 4.78 is 44.9. The molecule has 0 aliphatic carbocycles. The molecule has 0 atom stereocenters. The lowest BCUT2D eigenvalue weighted by Crippen LogP contribution is -2.41. The highest BCUT2D eigenvalue weighted by Crippen LogP contribution is 2.18. The van der Waals surface area contributed by atoms with E-state index in [0.29, 0.717) is 0 Å². The van der Waals surface area contributed by atoms with Gasteiger partial charge in [-0.2, -0.15) is 0 Å². The van der Waals surface area contributed by atoms with E-state index in [2.05, 4.69) is 16.6 Å². The van der Waals surface area contributed by atoms with Gasteiger partial charge >= 0.3 is 12.0 Å². The van der Waals surface area contributed by atoms with E-state index in [4.69, 9.17) is 4.74 Å². The first-order valence-electron chi connectivity index (χ1n) is 8.45. The van der Waals surface area contributed by atoms with Crippen LogP contribution in [0.25, 0.3) is 0 Å². The Labute approximate surface area is 172 Å². The van der Waals surface area contributed by atoms with Gasteiger partial charge < -0.3 is 10.1 Å². The molecule has 2 rings (SSSR count). The van der Waals surface area contributed by atoms with E-state index in [0.717, 1.165) is 18.2 Å². The fourth-order valence-corrected chi connectivity index (χ4v) is 3.21. The minimum Gasteiger partial charge on any atom is -0.452 e. The largest absolute Gasteiger partial charge is 0.452 e. The lowest BCUT2D eigenvalue weighted by atomic mass is 10.2. The minimum absolute atomic E-state index is 0.124. The third-order valence-electron chi connectivity index (χ3n) is 3.47. The number of nitrogens with one attached hydrogen (secondary N) is 3. The number of ether oxygens (including phenoxy) is 1. The fraction of sp³-hybridized carbons (Fsp3) is 0.105. The molecule has 0 saturated heterocycles. The van der Waals surface area contributed by atoms with Crippen molar-refractivity contribution < 1.29 is 31.9 Å². The highest BCUT2D eigenvalue weighted by Gasteiger charge is 2.18. The zero-order valence-electron chi connectivity index (χ0n) is 15.6. The summed E-state index contributed by atoms with van der Waals surface area (Å²) in [6, 6.07) is 8.82. The first kappa shape index (κ1) is 22.6. The van der Waals surface area contributed by atoms with E-state index >= 15 is 0 Å². The monoisotopic (exact) mass is 435 g/mol. The molecule has 158 valence electrons. The Kier molecular flexibility index (Phi) is 7.64. The predicted octanol–water partition coefficient (Wildman–Crippen LogP) is 1.80. The molecule has 0 fully saturated rings. The van der Waals surface area contributed by atoms with E-state index < -0.39 is 40.4 Å². The lowest BCUT2D eigenvalue weighted by Gasteiger charge is -2.10. The zero-order chi connectivity index (χ0) is 22.1. The summed E-state index contributed by atoms with van der Waals surface area (Å²) in [5.41, 5.74) is 0.0108. The third-order valence-corrected chi connectivity index (χ3v) is 4.85. The van der Waals surface area contributed by atoms with Crippen LogP contribution in [0, 0.1) is 5.82 Å². The SMILES string of the molecule is C=CCNC(=O)NC(=O)COC(=O)c1cccc(S(=O)(=O)Nc2ccc(F)cc2)c1. The predicted molar refractivity (Wildman–Crippen MR) is 106 cm³/mol. The number of sulfonamides is 1. The molecule has 0 aliphatic heterocycles. The average Bonchev–Trinajstić information content (AvgIpc) is 2.72. The van der Waals surface area contributed by atoms with Crippen molar-refractivity contribution in [3.05, 3.63) is 72.6 Å². The molecule has 0 spiro atoms. The van der Waals surface area contributed by atoms with Crippen LogP contribution in [-0.4, -0.2) is 39.5 Å². The van der Waals surface area contributed by atoms with Gasteiger partial charge in [0.1, 0.15) is 5.82 Å². The van der Waals surface area contributed by atoms with Crippen LogP contribution in [0.4, 0.5) is 14.9 Å². The van der Waals surface area contributed by atoms with Gasteiger partial charge in [0.25, 0.3) is 15.9 Å². The molecule has 0 aromatic heterocycles. The molecule has 3 amide bonds. The van der Waals surface area contributed by atoms with Crippen molar-refractivity contribution in [3.8, 4) is 0 Å². The number of anilines is 1. The number of hydrogen-bond donors (Lipinski definition) is 3. The summed E-state index contributed by atoms with van der Waals surface area (Å²) in [6.45, 7) is 2.80. The summed E-state index contributed by atoms with van der Waals surface area (Å²) in [6.07, 6.45) is 1.41. The Bertz CT molecular complexity index is 1050. The highest BCUT2D eigenvalue weighted by atomic mass is 32.2. The molecule has 3 N–H and O–H groups in total. The number of benzene rings is 2. The fourth-order valence-electron chi connectivity index (χ4n) is 2.11. The Morgan fingerprint density at radius 1 is 1.10 bits per heavy atom. The minimum atomic E-state index is -4.06. The van der Waals surface area contributed by atoms with Gasteiger partial charge in [0.2, 0.25) is 0 Å². The van der Waals surface area contributed by atoms with Crippen LogP contribution in [0.5, 0.6) is 0 Å². The molecule has 0 unspecified atom stereocenters. The Morgan fingerprint density at radius 3 is 2.47 bits per heavy atom. The summed E-state index contributed by atoms with van der Waals surface area (Å²) in [5, 5.41) is 4.25. The highest BCUT2D eigenvalue weighted by molar-refractivity contribution is 7.92. The quantitative estimate of drug-likeness (QED) is 0.428. The van der Waals surface area contributed by atoms with Gasteiger partial charge in [-0.05, 0) is 42.5 Å². The number of imide groups is 1.